The Kier molecular flexibility index (Phi) is 3.93. The SMILES string of the molecule is NCc1ncccc1S(=O)(=O)NCC(N)=O. The van der Waals surface area contributed by atoms with Crippen molar-refractivity contribution in [3.05, 3.63) is 24.0 Å². The quantitative estimate of drug-likeness (QED) is 0.569. The third-order valence-corrected chi connectivity index (χ3v) is 3.24. The Hall–Kier alpha value is -1.51. The minimum Gasteiger partial charge on any atom is -0.369 e. The van der Waals surface area contributed by atoms with Crippen LogP contribution in [0.15, 0.2) is 23.2 Å². The number of nitrogens with two attached hydrogens (primary N) is 2. The van der Waals surface area contributed by atoms with E-state index in [1.54, 1.807) is 0 Å². The van der Waals surface area contributed by atoms with Crippen LogP contribution in [0.2, 0.25) is 0 Å². The van der Waals surface area contributed by atoms with Crippen molar-refractivity contribution in [2.24, 2.45) is 11.5 Å². The first-order chi connectivity index (χ1) is 7.47. The van der Waals surface area contributed by atoms with Gasteiger partial charge in [-0.15, -0.1) is 0 Å². The minimum atomic E-state index is -3.79. The standard InChI is InChI=1S/C8H12N4O3S/c9-4-6-7(2-1-3-11-6)16(14,15)12-5-8(10)13/h1-3,12H,4-5,9H2,(H2,10,13). The van der Waals surface area contributed by atoms with Crippen molar-refractivity contribution < 1.29 is 13.2 Å². The second-order valence-corrected chi connectivity index (χ2v) is 4.68. The van der Waals surface area contributed by atoms with Crippen LogP contribution in [0.1, 0.15) is 5.69 Å². The van der Waals surface area contributed by atoms with Gasteiger partial charge in [-0.2, -0.15) is 0 Å². The van der Waals surface area contributed by atoms with E-state index in [0.717, 1.165) is 0 Å². The number of pyridine rings is 1. The fourth-order valence-electron chi connectivity index (χ4n) is 1.07. The lowest BCUT2D eigenvalue weighted by Crippen LogP contribution is -2.34. The number of primary amides is 1. The highest BCUT2D eigenvalue weighted by atomic mass is 32.2. The molecule has 16 heavy (non-hydrogen) atoms. The molecule has 1 heterocycles. The highest BCUT2D eigenvalue weighted by molar-refractivity contribution is 7.89. The Morgan fingerprint density at radius 1 is 1.50 bits per heavy atom. The Morgan fingerprint density at radius 2 is 2.19 bits per heavy atom. The molecule has 0 saturated heterocycles. The largest absolute Gasteiger partial charge is 0.369 e. The van der Waals surface area contributed by atoms with Gasteiger partial charge in [0.05, 0.1) is 12.2 Å². The fraction of sp³-hybridized carbons (Fsp3) is 0.250. The van der Waals surface area contributed by atoms with Gasteiger partial charge in [-0.1, -0.05) is 0 Å². The maximum atomic E-state index is 11.7. The lowest BCUT2D eigenvalue weighted by Gasteiger charge is -2.07. The average Bonchev–Trinajstić information content (AvgIpc) is 2.26. The van der Waals surface area contributed by atoms with E-state index >= 15 is 0 Å². The third-order valence-electron chi connectivity index (χ3n) is 1.77. The van der Waals surface area contributed by atoms with Gasteiger partial charge < -0.3 is 11.5 Å². The normalized spacial score (nSPS) is 11.3. The molecule has 8 heteroatoms. The Morgan fingerprint density at radius 3 is 2.75 bits per heavy atom. The second-order valence-electron chi connectivity index (χ2n) is 2.94. The number of hydrogen-bond donors (Lipinski definition) is 3. The van der Waals surface area contributed by atoms with E-state index in [-0.39, 0.29) is 17.1 Å². The molecule has 1 amide bonds. The zero-order chi connectivity index (χ0) is 12.2. The molecule has 0 aromatic carbocycles. The van der Waals surface area contributed by atoms with Crippen LogP contribution in [0, 0.1) is 0 Å². The minimum absolute atomic E-state index is 0.00629. The van der Waals surface area contributed by atoms with Crippen LogP contribution >= 0.6 is 0 Å². The summed E-state index contributed by atoms with van der Waals surface area (Å²) in [5.74, 6) is -0.762. The van der Waals surface area contributed by atoms with Crippen LogP contribution in [0.4, 0.5) is 0 Å². The smallest absolute Gasteiger partial charge is 0.242 e. The van der Waals surface area contributed by atoms with Gasteiger partial charge in [0.25, 0.3) is 0 Å². The van der Waals surface area contributed by atoms with Gasteiger partial charge in [0.15, 0.2) is 0 Å². The number of hydrogen-bond acceptors (Lipinski definition) is 5. The lowest BCUT2D eigenvalue weighted by atomic mass is 10.3. The molecule has 1 aromatic heterocycles. The van der Waals surface area contributed by atoms with Crippen LogP contribution in [-0.4, -0.2) is 25.9 Å². The zero-order valence-electron chi connectivity index (χ0n) is 8.38. The molecule has 0 radical (unpaired) electrons. The van der Waals surface area contributed by atoms with Crippen LogP contribution in [0.5, 0.6) is 0 Å². The summed E-state index contributed by atoms with van der Waals surface area (Å²) >= 11 is 0. The van der Waals surface area contributed by atoms with Gasteiger partial charge in [0, 0.05) is 12.7 Å². The summed E-state index contributed by atoms with van der Waals surface area (Å²) in [6, 6.07) is 2.83. The summed E-state index contributed by atoms with van der Waals surface area (Å²) in [5.41, 5.74) is 10.4. The molecule has 88 valence electrons. The van der Waals surface area contributed by atoms with E-state index in [1.807, 2.05) is 0 Å². The van der Waals surface area contributed by atoms with E-state index < -0.39 is 22.5 Å². The monoisotopic (exact) mass is 244 g/mol. The van der Waals surface area contributed by atoms with Crippen molar-refractivity contribution in [1.82, 2.24) is 9.71 Å². The molecule has 0 unspecified atom stereocenters. The first-order valence-corrected chi connectivity index (χ1v) is 5.87. The van der Waals surface area contributed by atoms with Crippen molar-refractivity contribution in [3.63, 3.8) is 0 Å². The van der Waals surface area contributed by atoms with Crippen LogP contribution in [-0.2, 0) is 21.4 Å². The van der Waals surface area contributed by atoms with Crippen molar-refractivity contribution >= 4 is 15.9 Å². The van der Waals surface area contributed by atoms with Gasteiger partial charge in [-0.25, -0.2) is 13.1 Å². The predicted octanol–water partition coefficient (Wildman–Crippen LogP) is -1.70. The highest BCUT2D eigenvalue weighted by Gasteiger charge is 2.18. The fourth-order valence-corrected chi connectivity index (χ4v) is 2.26. The first-order valence-electron chi connectivity index (χ1n) is 4.39. The molecular weight excluding hydrogens is 232 g/mol. The summed E-state index contributed by atoms with van der Waals surface area (Å²) in [6.45, 7) is -0.463. The number of amides is 1. The first kappa shape index (κ1) is 12.6. The van der Waals surface area contributed by atoms with E-state index in [0.29, 0.717) is 0 Å². The molecule has 7 nitrogen and oxygen atoms in total. The zero-order valence-corrected chi connectivity index (χ0v) is 9.20. The molecule has 0 aliphatic rings. The second kappa shape index (κ2) is 5.01. The molecule has 0 spiro atoms. The van der Waals surface area contributed by atoms with Gasteiger partial charge >= 0.3 is 0 Å². The molecule has 1 rings (SSSR count). The number of rotatable bonds is 5. The van der Waals surface area contributed by atoms with E-state index in [9.17, 15) is 13.2 Å². The Balaban J connectivity index is 3.02. The molecule has 5 N–H and O–H groups in total. The Labute approximate surface area is 92.9 Å². The molecular formula is C8H12N4O3S. The molecule has 1 aromatic rings. The summed E-state index contributed by atoms with van der Waals surface area (Å²) in [6.07, 6.45) is 1.44. The summed E-state index contributed by atoms with van der Waals surface area (Å²) in [5, 5.41) is 0. The van der Waals surface area contributed by atoms with Crippen LogP contribution in [0.3, 0.4) is 0 Å². The van der Waals surface area contributed by atoms with Gasteiger partial charge in [-0.05, 0) is 12.1 Å². The molecule has 0 aliphatic heterocycles. The average molecular weight is 244 g/mol. The topological polar surface area (TPSA) is 128 Å². The van der Waals surface area contributed by atoms with Crippen molar-refractivity contribution in [2.75, 3.05) is 6.54 Å². The summed E-state index contributed by atoms with van der Waals surface area (Å²) in [7, 11) is -3.79. The van der Waals surface area contributed by atoms with Gasteiger partial charge in [0.1, 0.15) is 4.90 Å². The Bertz CT molecular complexity index is 486. The van der Waals surface area contributed by atoms with Gasteiger partial charge in [-0.3, -0.25) is 9.78 Å². The van der Waals surface area contributed by atoms with Crippen molar-refractivity contribution in [3.8, 4) is 0 Å². The molecule has 0 saturated carbocycles. The lowest BCUT2D eigenvalue weighted by molar-refractivity contribution is -0.116. The highest BCUT2D eigenvalue weighted by Crippen LogP contribution is 2.11. The maximum Gasteiger partial charge on any atom is 0.242 e. The number of nitrogens with zero attached hydrogens (tertiary/aromatic N) is 1. The number of nitrogens with one attached hydrogen (secondary N) is 1. The molecule has 0 fully saturated rings. The van der Waals surface area contributed by atoms with E-state index in [4.69, 9.17) is 11.5 Å². The summed E-state index contributed by atoms with van der Waals surface area (Å²) < 4.78 is 25.5. The molecule has 0 bridgehead atoms. The van der Waals surface area contributed by atoms with Crippen LogP contribution in [0.25, 0.3) is 0 Å². The van der Waals surface area contributed by atoms with Crippen molar-refractivity contribution in [2.45, 2.75) is 11.4 Å². The summed E-state index contributed by atoms with van der Waals surface area (Å²) in [4.78, 5) is 14.3. The predicted molar refractivity (Wildman–Crippen MR) is 56.5 cm³/mol. The van der Waals surface area contributed by atoms with Crippen LogP contribution < -0.4 is 16.2 Å². The number of sulfonamides is 1. The van der Waals surface area contributed by atoms with Gasteiger partial charge in [0.2, 0.25) is 15.9 Å². The molecule has 0 atom stereocenters. The number of aromatic nitrogens is 1. The third kappa shape index (κ3) is 2.99. The number of carbonyl (C=O) groups is 1. The van der Waals surface area contributed by atoms with E-state index in [2.05, 4.69) is 9.71 Å². The number of carbonyl (C=O) groups excluding carboxylic acids is 1. The van der Waals surface area contributed by atoms with Crippen molar-refractivity contribution in [1.29, 1.82) is 0 Å². The maximum absolute atomic E-state index is 11.7. The molecule has 0 aliphatic carbocycles. The van der Waals surface area contributed by atoms with E-state index in [1.165, 1.54) is 18.3 Å².